The molecule has 4 amide bonds. The molecule has 0 saturated carbocycles. The van der Waals surface area contributed by atoms with Gasteiger partial charge in [-0.05, 0) is 31.4 Å². The van der Waals surface area contributed by atoms with Crippen molar-refractivity contribution in [2.45, 2.75) is 66.3 Å². The van der Waals surface area contributed by atoms with Gasteiger partial charge in [0.1, 0.15) is 12.6 Å². The van der Waals surface area contributed by atoms with E-state index in [2.05, 4.69) is 16.0 Å². The monoisotopic (exact) mass is 500 g/mol. The van der Waals surface area contributed by atoms with Crippen LogP contribution < -0.4 is 21.3 Å². The zero-order chi connectivity index (χ0) is 27.6. The van der Waals surface area contributed by atoms with Gasteiger partial charge in [-0.1, -0.05) is 52.8 Å². The summed E-state index contributed by atoms with van der Waals surface area (Å²) in [4.78, 5) is 53.9. The highest BCUT2D eigenvalue weighted by molar-refractivity contribution is 5.89. The van der Waals surface area contributed by atoms with E-state index in [4.69, 9.17) is 15.3 Å². The third kappa shape index (κ3) is 24.6. The number of benzene rings is 1. The van der Waals surface area contributed by atoms with E-state index in [-0.39, 0.29) is 18.9 Å². The summed E-state index contributed by atoms with van der Waals surface area (Å²) in [5.41, 5.74) is 0.660. The average molecular weight is 501 g/mol. The summed E-state index contributed by atoms with van der Waals surface area (Å²) < 4.78 is 0. The van der Waals surface area contributed by atoms with E-state index in [1.54, 1.807) is 31.2 Å². The van der Waals surface area contributed by atoms with Gasteiger partial charge in [0, 0.05) is 18.7 Å². The van der Waals surface area contributed by atoms with Crippen LogP contribution in [-0.4, -0.2) is 64.4 Å². The van der Waals surface area contributed by atoms with Gasteiger partial charge in [-0.3, -0.25) is 9.59 Å². The first-order valence-corrected chi connectivity index (χ1v) is 11.5. The minimum Gasteiger partial charge on any atom is -0.481 e. The molecule has 0 saturated heterocycles. The van der Waals surface area contributed by atoms with Crippen LogP contribution in [0.3, 0.4) is 0 Å². The Morgan fingerprint density at radius 2 is 1.34 bits per heavy atom. The maximum Gasteiger partial charge on any atom is 0.326 e. The predicted octanol–water partition coefficient (Wildman–Crippen LogP) is 3.35. The third-order valence-electron chi connectivity index (χ3n) is 3.54. The summed E-state index contributed by atoms with van der Waals surface area (Å²) in [5, 5.41) is 34.8. The molecule has 0 bridgehead atoms. The first kappa shape index (κ1) is 35.8. The number of carboxylic acids is 3. The van der Waals surface area contributed by atoms with Crippen molar-refractivity contribution >= 4 is 35.7 Å². The van der Waals surface area contributed by atoms with Crippen LogP contribution in [0.5, 0.6) is 0 Å². The predicted molar refractivity (Wildman–Crippen MR) is 134 cm³/mol. The third-order valence-corrected chi connectivity index (χ3v) is 3.54. The van der Waals surface area contributed by atoms with Gasteiger partial charge in [-0.15, -0.1) is 0 Å². The van der Waals surface area contributed by atoms with Gasteiger partial charge in [-0.25, -0.2) is 14.4 Å². The van der Waals surface area contributed by atoms with Crippen molar-refractivity contribution in [3.8, 4) is 0 Å². The Morgan fingerprint density at radius 1 is 0.800 bits per heavy atom. The van der Waals surface area contributed by atoms with Crippen molar-refractivity contribution in [3.63, 3.8) is 0 Å². The number of urea groups is 2. The molecule has 0 fully saturated rings. The molecule has 0 aromatic heterocycles. The summed E-state index contributed by atoms with van der Waals surface area (Å²) >= 11 is 0. The van der Waals surface area contributed by atoms with Gasteiger partial charge in [0.05, 0.1) is 0 Å². The maximum atomic E-state index is 11.7. The summed E-state index contributed by atoms with van der Waals surface area (Å²) in [6, 6.07) is 6.55. The van der Waals surface area contributed by atoms with Crippen LogP contribution in [0.1, 0.15) is 60.3 Å². The van der Waals surface area contributed by atoms with Gasteiger partial charge >= 0.3 is 30.0 Å². The first-order valence-electron chi connectivity index (χ1n) is 11.5. The second-order valence-electron chi connectivity index (χ2n) is 6.10. The molecule has 0 heterocycles. The molecule has 200 valence electrons. The smallest absolute Gasteiger partial charge is 0.326 e. The number of rotatable bonds is 11. The largest absolute Gasteiger partial charge is 0.481 e. The zero-order valence-electron chi connectivity index (χ0n) is 21.1. The van der Waals surface area contributed by atoms with E-state index in [0.29, 0.717) is 25.1 Å². The zero-order valence-corrected chi connectivity index (χ0v) is 21.1. The van der Waals surface area contributed by atoms with Crippen LogP contribution in [0, 0.1) is 0 Å². The van der Waals surface area contributed by atoms with E-state index >= 15 is 0 Å². The molecule has 0 radical (unpaired) electrons. The van der Waals surface area contributed by atoms with Crippen molar-refractivity contribution in [1.29, 1.82) is 0 Å². The fraction of sp³-hybridized carbons (Fsp3) is 0.522. The number of hydrogen-bond donors (Lipinski definition) is 7. The molecule has 1 aromatic rings. The number of hydrogen-bond acceptors (Lipinski definition) is 5. The number of carboxylic acid groups (broad SMARTS) is 3. The van der Waals surface area contributed by atoms with E-state index in [0.717, 1.165) is 0 Å². The van der Waals surface area contributed by atoms with Crippen LogP contribution in [0.15, 0.2) is 30.3 Å². The lowest BCUT2D eigenvalue weighted by molar-refractivity contribution is -0.139. The number of aliphatic carboxylic acids is 3. The van der Waals surface area contributed by atoms with Crippen LogP contribution in [-0.2, 0) is 14.4 Å². The lowest BCUT2D eigenvalue weighted by Gasteiger charge is -2.14. The molecule has 0 aliphatic rings. The molecule has 0 aliphatic carbocycles. The number of nitrogens with one attached hydrogen (secondary N) is 4. The first-order chi connectivity index (χ1) is 16.6. The summed E-state index contributed by atoms with van der Waals surface area (Å²) in [6.45, 7) is 9.34. The molecule has 12 nitrogen and oxygen atoms in total. The maximum absolute atomic E-state index is 11.7. The van der Waals surface area contributed by atoms with Crippen LogP contribution in [0.4, 0.5) is 15.3 Å². The molecule has 12 heteroatoms. The lowest BCUT2D eigenvalue weighted by Crippen LogP contribution is -2.47. The Bertz CT molecular complexity index is 729. The van der Waals surface area contributed by atoms with Gasteiger partial charge in [0.25, 0.3) is 0 Å². The van der Waals surface area contributed by atoms with Crippen LogP contribution in [0.2, 0.25) is 0 Å². The van der Waals surface area contributed by atoms with Crippen molar-refractivity contribution in [3.05, 3.63) is 30.3 Å². The van der Waals surface area contributed by atoms with Gasteiger partial charge in [-0.2, -0.15) is 0 Å². The number of anilines is 1. The molecule has 1 aromatic carbocycles. The Hall–Kier alpha value is -3.83. The fourth-order valence-electron chi connectivity index (χ4n) is 1.99. The molecule has 1 rings (SSSR count). The second-order valence-corrected chi connectivity index (χ2v) is 6.10. The Labute approximate surface area is 206 Å². The highest BCUT2D eigenvalue weighted by atomic mass is 16.4. The normalized spacial score (nSPS) is 9.63. The van der Waals surface area contributed by atoms with Crippen molar-refractivity contribution in [2.24, 2.45) is 0 Å². The summed E-state index contributed by atoms with van der Waals surface area (Å²) in [7, 11) is 0. The quantitative estimate of drug-likeness (QED) is 0.225. The Morgan fingerprint density at radius 3 is 1.80 bits per heavy atom. The number of para-hydroxylation sites is 1. The number of carbonyl (C=O) groups is 5. The Kier molecular flexibility index (Phi) is 25.3. The van der Waals surface area contributed by atoms with Gasteiger partial charge in [0.2, 0.25) is 0 Å². The number of unbranched alkanes of at least 4 members (excludes halogenated alkanes) is 1. The molecule has 0 spiro atoms. The Balaban J connectivity index is -0.000000987. The number of carbonyl (C=O) groups excluding carboxylic acids is 2. The molecule has 35 heavy (non-hydrogen) atoms. The van der Waals surface area contributed by atoms with Gasteiger partial charge < -0.3 is 36.6 Å². The highest BCUT2D eigenvalue weighted by Gasteiger charge is 2.19. The highest BCUT2D eigenvalue weighted by Crippen LogP contribution is 2.04. The second kappa shape index (κ2) is 24.8. The standard InChI is InChI=1S/C16H22N4O6.C3H6O2.2C2H6/c21-13(22)10-18-16(26)20-12(14(23)24)8-4-5-9-17-15(25)19-11-6-2-1-3-7-11;1-2-3(4)5;2*1-2/h1-3,6-7,12H,4-5,8-10H2,(H,21,22)(H,23,24)(H2,17,19,25)(H2,18,20,26);2H2,1H3,(H,4,5);2*1-2H3. The molecule has 1 unspecified atom stereocenters. The van der Waals surface area contributed by atoms with Crippen molar-refractivity contribution in [2.75, 3.05) is 18.4 Å². The van der Waals surface area contributed by atoms with E-state index < -0.39 is 36.5 Å². The van der Waals surface area contributed by atoms with Crippen molar-refractivity contribution < 1.29 is 39.3 Å². The van der Waals surface area contributed by atoms with Gasteiger partial charge in [0.15, 0.2) is 0 Å². The van der Waals surface area contributed by atoms with Crippen LogP contribution in [0.25, 0.3) is 0 Å². The molecular weight excluding hydrogens is 460 g/mol. The van der Waals surface area contributed by atoms with E-state index in [1.807, 2.05) is 39.1 Å². The lowest BCUT2D eigenvalue weighted by atomic mass is 10.1. The summed E-state index contributed by atoms with van der Waals surface area (Å²) in [5.74, 6) is -3.19. The summed E-state index contributed by atoms with van der Waals surface area (Å²) in [6.07, 6.45) is 1.34. The van der Waals surface area contributed by atoms with Crippen LogP contribution >= 0.6 is 0 Å². The van der Waals surface area contributed by atoms with Crippen molar-refractivity contribution in [1.82, 2.24) is 16.0 Å². The fourth-order valence-corrected chi connectivity index (χ4v) is 1.99. The molecule has 0 aliphatic heterocycles. The minimum atomic E-state index is -1.23. The molecule has 7 N–H and O–H groups in total. The SMILES string of the molecule is CC.CC.CCC(=O)O.O=C(O)CNC(=O)NC(CCCCNC(=O)Nc1ccccc1)C(=O)O. The average Bonchev–Trinajstić information content (AvgIpc) is 2.85. The molecule has 1 atom stereocenters. The minimum absolute atomic E-state index is 0.151. The number of amides is 4. The molecular formula is C23H40N4O8. The van der Waals surface area contributed by atoms with E-state index in [1.165, 1.54) is 0 Å². The van der Waals surface area contributed by atoms with E-state index in [9.17, 15) is 24.0 Å². The topological polar surface area (TPSA) is 194 Å².